The second-order valence-electron chi connectivity index (χ2n) is 5.39. The molecule has 7 heteroatoms. The van der Waals surface area contributed by atoms with Crippen molar-refractivity contribution < 1.29 is 9.59 Å². The molecule has 0 fully saturated rings. The van der Waals surface area contributed by atoms with Crippen LogP contribution in [0.15, 0.2) is 71.4 Å². The molecule has 0 aliphatic carbocycles. The molecule has 2 amide bonds. The first-order valence-corrected chi connectivity index (χ1v) is 8.71. The van der Waals surface area contributed by atoms with Crippen LogP contribution in [0.3, 0.4) is 0 Å². The van der Waals surface area contributed by atoms with E-state index in [1.807, 2.05) is 23.6 Å². The van der Waals surface area contributed by atoms with Crippen molar-refractivity contribution >= 4 is 34.6 Å². The molecule has 0 aliphatic rings. The van der Waals surface area contributed by atoms with Crippen molar-refractivity contribution in [3.8, 4) is 0 Å². The molecule has 0 saturated carbocycles. The molecule has 2 heterocycles. The van der Waals surface area contributed by atoms with Gasteiger partial charge in [-0.05, 0) is 48.2 Å². The second kappa shape index (κ2) is 8.17. The van der Waals surface area contributed by atoms with Crippen LogP contribution in [0.25, 0.3) is 0 Å². The summed E-state index contributed by atoms with van der Waals surface area (Å²) in [6, 6.07) is 14.2. The number of nitrogens with zero attached hydrogens (tertiary/aromatic N) is 2. The number of nitrogens with one attached hydrogen (secondary N) is 2. The average Bonchev–Trinajstić information content (AvgIpc) is 3.22. The van der Waals surface area contributed by atoms with Crippen LogP contribution in [0, 0.1) is 0 Å². The zero-order valence-corrected chi connectivity index (χ0v) is 14.8. The van der Waals surface area contributed by atoms with Crippen LogP contribution in [-0.2, 0) is 0 Å². The van der Waals surface area contributed by atoms with Crippen molar-refractivity contribution in [2.75, 3.05) is 5.32 Å². The fourth-order valence-corrected chi connectivity index (χ4v) is 2.77. The van der Waals surface area contributed by atoms with E-state index in [0.717, 1.165) is 5.56 Å². The number of benzene rings is 1. The first kappa shape index (κ1) is 17.5. The Morgan fingerprint density at radius 2 is 1.81 bits per heavy atom. The van der Waals surface area contributed by atoms with Crippen molar-refractivity contribution in [3.63, 3.8) is 0 Å². The Morgan fingerprint density at radius 3 is 2.46 bits per heavy atom. The van der Waals surface area contributed by atoms with Crippen molar-refractivity contribution in [3.05, 3.63) is 82.3 Å². The number of thiophene rings is 1. The highest BCUT2D eigenvalue weighted by Gasteiger charge is 2.07. The van der Waals surface area contributed by atoms with E-state index in [1.54, 1.807) is 43.5 Å². The molecule has 3 rings (SSSR count). The van der Waals surface area contributed by atoms with Crippen molar-refractivity contribution in [1.82, 2.24) is 10.4 Å². The van der Waals surface area contributed by atoms with Crippen LogP contribution in [0.1, 0.15) is 32.5 Å². The van der Waals surface area contributed by atoms with Crippen molar-refractivity contribution in [2.45, 2.75) is 6.92 Å². The number of pyridine rings is 1. The van der Waals surface area contributed by atoms with Crippen LogP contribution in [0.2, 0.25) is 0 Å². The van der Waals surface area contributed by atoms with Gasteiger partial charge in [-0.2, -0.15) is 5.10 Å². The largest absolute Gasteiger partial charge is 0.321 e. The highest BCUT2D eigenvalue weighted by atomic mass is 32.1. The van der Waals surface area contributed by atoms with Crippen molar-refractivity contribution in [2.24, 2.45) is 5.10 Å². The summed E-state index contributed by atoms with van der Waals surface area (Å²) in [4.78, 5) is 28.5. The molecule has 0 unspecified atom stereocenters. The topological polar surface area (TPSA) is 83.4 Å². The minimum absolute atomic E-state index is 0.137. The summed E-state index contributed by atoms with van der Waals surface area (Å²) >= 11 is 1.39. The Bertz CT molecular complexity index is 920. The van der Waals surface area contributed by atoms with Crippen LogP contribution < -0.4 is 10.7 Å². The van der Waals surface area contributed by atoms with Gasteiger partial charge in [0.05, 0.1) is 16.2 Å². The average molecular weight is 364 g/mol. The lowest BCUT2D eigenvalue weighted by molar-refractivity contribution is 0.0953. The molecule has 0 bridgehead atoms. The van der Waals surface area contributed by atoms with Crippen LogP contribution in [0.4, 0.5) is 5.69 Å². The van der Waals surface area contributed by atoms with Gasteiger partial charge < -0.3 is 5.32 Å². The fourth-order valence-electron chi connectivity index (χ4n) is 2.16. The SMILES string of the molecule is CC(=NNC(=O)c1cccnc1)c1ccc(NC(=O)c2cccs2)cc1. The number of carbonyl (C=O) groups is 2. The lowest BCUT2D eigenvalue weighted by Gasteiger charge is -2.06. The molecule has 0 aliphatic heterocycles. The van der Waals surface area contributed by atoms with E-state index >= 15 is 0 Å². The molecule has 0 saturated heterocycles. The highest BCUT2D eigenvalue weighted by Crippen LogP contribution is 2.14. The molecule has 3 aromatic rings. The van der Waals surface area contributed by atoms with Gasteiger partial charge in [0, 0.05) is 18.1 Å². The van der Waals surface area contributed by atoms with E-state index in [9.17, 15) is 9.59 Å². The zero-order valence-electron chi connectivity index (χ0n) is 14.0. The van der Waals surface area contributed by atoms with Gasteiger partial charge >= 0.3 is 0 Å². The van der Waals surface area contributed by atoms with Gasteiger partial charge in [-0.1, -0.05) is 18.2 Å². The second-order valence-corrected chi connectivity index (χ2v) is 6.34. The molecule has 0 atom stereocenters. The van der Waals surface area contributed by atoms with E-state index < -0.39 is 0 Å². The Morgan fingerprint density at radius 1 is 1.00 bits per heavy atom. The summed E-state index contributed by atoms with van der Waals surface area (Å²) in [7, 11) is 0. The van der Waals surface area contributed by atoms with E-state index in [4.69, 9.17) is 0 Å². The molecule has 2 N–H and O–H groups in total. The number of rotatable bonds is 5. The summed E-state index contributed by atoms with van der Waals surface area (Å²) in [5.41, 5.74) is 5.13. The first-order chi connectivity index (χ1) is 12.6. The van der Waals surface area contributed by atoms with Crippen LogP contribution >= 0.6 is 11.3 Å². The summed E-state index contributed by atoms with van der Waals surface area (Å²) in [5.74, 6) is -0.459. The molecule has 2 aromatic heterocycles. The lowest BCUT2D eigenvalue weighted by Crippen LogP contribution is -2.19. The Labute approximate surface area is 154 Å². The van der Waals surface area contributed by atoms with Gasteiger partial charge in [0.1, 0.15) is 0 Å². The van der Waals surface area contributed by atoms with Gasteiger partial charge in [-0.15, -0.1) is 11.3 Å². The number of hydrogen-bond acceptors (Lipinski definition) is 5. The summed E-state index contributed by atoms with van der Waals surface area (Å²) in [5, 5.41) is 8.80. The lowest BCUT2D eigenvalue weighted by atomic mass is 10.1. The normalized spacial score (nSPS) is 11.0. The number of hydrazone groups is 1. The summed E-state index contributed by atoms with van der Waals surface area (Å²) < 4.78 is 0. The van der Waals surface area contributed by atoms with E-state index in [1.165, 1.54) is 17.5 Å². The quantitative estimate of drug-likeness (QED) is 0.536. The van der Waals surface area contributed by atoms with Gasteiger partial charge in [0.2, 0.25) is 0 Å². The van der Waals surface area contributed by atoms with Gasteiger partial charge in [-0.25, -0.2) is 5.43 Å². The fraction of sp³-hybridized carbons (Fsp3) is 0.0526. The number of anilines is 1. The third kappa shape index (κ3) is 4.40. The standard InChI is InChI=1S/C19H16N4O2S/c1-13(22-23-18(24)15-4-2-10-20-12-15)14-6-8-16(9-7-14)21-19(25)17-5-3-11-26-17/h2-12H,1H3,(H,21,25)(H,23,24). The monoisotopic (exact) mass is 364 g/mol. The van der Waals surface area contributed by atoms with Gasteiger partial charge in [-0.3, -0.25) is 14.6 Å². The maximum Gasteiger partial charge on any atom is 0.272 e. The Balaban J connectivity index is 1.62. The smallest absolute Gasteiger partial charge is 0.272 e. The van der Waals surface area contributed by atoms with Crippen LogP contribution in [-0.4, -0.2) is 22.5 Å². The third-order valence-electron chi connectivity index (χ3n) is 3.55. The minimum Gasteiger partial charge on any atom is -0.321 e. The number of hydrogen-bond donors (Lipinski definition) is 2. The van der Waals surface area contributed by atoms with Crippen molar-refractivity contribution in [1.29, 1.82) is 0 Å². The van der Waals surface area contributed by atoms with E-state index in [2.05, 4.69) is 20.8 Å². The van der Waals surface area contributed by atoms with Gasteiger partial charge in [0.25, 0.3) is 11.8 Å². The molecule has 26 heavy (non-hydrogen) atoms. The predicted molar refractivity (Wildman–Crippen MR) is 103 cm³/mol. The van der Waals surface area contributed by atoms with E-state index in [0.29, 0.717) is 21.8 Å². The Kier molecular flexibility index (Phi) is 5.50. The highest BCUT2D eigenvalue weighted by molar-refractivity contribution is 7.12. The summed E-state index contributed by atoms with van der Waals surface area (Å²) in [6.07, 6.45) is 3.08. The third-order valence-corrected chi connectivity index (χ3v) is 4.42. The summed E-state index contributed by atoms with van der Waals surface area (Å²) in [6.45, 7) is 1.79. The molecule has 130 valence electrons. The van der Waals surface area contributed by atoms with Gasteiger partial charge in [0.15, 0.2) is 0 Å². The maximum atomic E-state index is 12.0. The zero-order chi connectivity index (χ0) is 18.4. The molecular weight excluding hydrogens is 348 g/mol. The number of aromatic nitrogens is 1. The number of amides is 2. The van der Waals surface area contributed by atoms with Crippen LogP contribution in [0.5, 0.6) is 0 Å². The van der Waals surface area contributed by atoms with E-state index in [-0.39, 0.29) is 11.8 Å². The molecule has 0 spiro atoms. The number of carbonyl (C=O) groups excluding carboxylic acids is 2. The molecule has 1 aromatic carbocycles. The minimum atomic E-state index is -0.322. The molecule has 6 nitrogen and oxygen atoms in total. The predicted octanol–water partition coefficient (Wildman–Crippen LogP) is 3.55. The molecule has 0 radical (unpaired) electrons. The Hall–Kier alpha value is -3.32. The maximum absolute atomic E-state index is 12.0. The molecular formula is C19H16N4O2S. The first-order valence-electron chi connectivity index (χ1n) is 7.83.